The molecule has 0 aliphatic carbocycles. The summed E-state index contributed by atoms with van der Waals surface area (Å²) in [6.07, 6.45) is -4.28. The molecule has 27 heavy (non-hydrogen) atoms. The van der Waals surface area contributed by atoms with Crippen LogP contribution in [0.2, 0.25) is 0 Å². The molecule has 1 aromatic rings. The van der Waals surface area contributed by atoms with Gasteiger partial charge in [0.15, 0.2) is 0 Å². The van der Waals surface area contributed by atoms with Crippen molar-refractivity contribution in [1.82, 2.24) is 15.1 Å². The largest absolute Gasteiger partial charge is 0.416 e. The van der Waals surface area contributed by atoms with Gasteiger partial charge in [0.05, 0.1) is 11.5 Å². The Balaban J connectivity index is 1.90. The zero-order valence-electron chi connectivity index (χ0n) is 15.2. The topological polar surface area (TPSA) is 69.7 Å². The maximum atomic E-state index is 12.8. The summed E-state index contributed by atoms with van der Waals surface area (Å²) in [5.74, 6) is -1.31. The lowest BCUT2D eigenvalue weighted by Gasteiger charge is -2.18. The van der Waals surface area contributed by atoms with Crippen molar-refractivity contribution in [3.05, 3.63) is 35.4 Å². The highest BCUT2D eigenvalue weighted by Crippen LogP contribution is 2.30. The van der Waals surface area contributed by atoms with Crippen molar-refractivity contribution >= 4 is 17.7 Å². The van der Waals surface area contributed by atoms with Crippen molar-refractivity contribution < 1.29 is 27.6 Å². The summed E-state index contributed by atoms with van der Waals surface area (Å²) in [5, 5.41) is 2.63. The fraction of sp³-hybridized carbons (Fsp3) is 0.500. The van der Waals surface area contributed by atoms with Gasteiger partial charge in [0.25, 0.3) is 0 Å². The Kier molecular flexibility index (Phi) is 6.45. The minimum Gasteiger partial charge on any atom is -0.355 e. The van der Waals surface area contributed by atoms with E-state index in [1.807, 2.05) is 0 Å². The highest BCUT2D eigenvalue weighted by molar-refractivity contribution is 5.89. The number of nitrogens with one attached hydrogen (secondary N) is 1. The number of amides is 3. The number of halogens is 3. The van der Waals surface area contributed by atoms with Crippen LogP contribution < -0.4 is 5.32 Å². The van der Waals surface area contributed by atoms with Crippen molar-refractivity contribution in [3.8, 4) is 0 Å². The number of carbonyl (C=O) groups is 3. The van der Waals surface area contributed by atoms with Crippen LogP contribution >= 0.6 is 0 Å². The summed E-state index contributed by atoms with van der Waals surface area (Å²) in [4.78, 5) is 38.6. The number of carbonyl (C=O) groups excluding carboxylic acids is 3. The Labute approximate surface area is 155 Å². The fourth-order valence-electron chi connectivity index (χ4n) is 2.83. The summed E-state index contributed by atoms with van der Waals surface area (Å²) >= 11 is 0. The lowest BCUT2D eigenvalue weighted by atomic mass is 10.1. The molecule has 1 unspecified atom stereocenters. The summed E-state index contributed by atoms with van der Waals surface area (Å²) in [6, 6.07) is 4.79. The molecule has 1 atom stereocenters. The lowest BCUT2D eigenvalue weighted by molar-refractivity contribution is -0.137. The normalized spacial score (nSPS) is 17.1. The number of likely N-dealkylation sites (tertiary alicyclic amines) is 1. The monoisotopic (exact) mass is 385 g/mol. The van der Waals surface area contributed by atoms with Gasteiger partial charge in [-0.3, -0.25) is 14.4 Å². The second-order valence-electron chi connectivity index (χ2n) is 6.70. The third-order valence-corrected chi connectivity index (χ3v) is 4.35. The number of hydrogen-bond donors (Lipinski definition) is 1. The molecule has 1 aromatic carbocycles. The van der Waals surface area contributed by atoms with E-state index in [9.17, 15) is 27.6 Å². The first-order valence-corrected chi connectivity index (χ1v) is 8.49. The van der Waals surface area contributed by atoms with Crippen LogP contribution in [0.3, 0.4) is 0 Å². The van der Waals surface area contributed by atoms with Crippen molar-refractivity contribution in [2.45, 2.75) is 25.6 Å². The Hall–Kier alpha value is -2.58. The van der Waals surface area contributed by atoms with E-state index in [2.05, 4.69) is 5.32 Å². The smallest absolute Gasteiger partial charge is 0.355 e. The van der Waals surface area contributed by atoms with Crippen LogP contribution in [0.25, 0.3) is 0 Å². The average molecular weight is 385 g/mol. The second kappa shape index (κ2) is 8.41. The Morgan fingerprint density at radius 2 is 2.00 bits per heavy atom. The standard InChI is InChI=1S/C18H22F3N3O3/c1-23(2)15(25)6-7-22-17(27)13-9-16(26)24(11-13)10-12-4-3-5-14(8-12)18(19,20)21/h3-5,8,13H,6-7,9-11H2,1-2H3,(H,22,27). The maximum absolute atomic E-state index is 12.8. The van der Waals surface area contributed by atoms with Crippen LogP contribution in [0.1, 0.15) is 24.0 Å². The molecular formula is C18H22F3N3O3. The zero-order valence-corrected chi connectivity index (χ0v) is 15.2. The molecule has 0 bridgehead atoms. The first-order valence-electron chi connectivity index (χ1n) is 8.49. The number of rotatable bonds is 6. The van der Waals surface area contributed by atoms with Gasteiger partial charge in [0.2, 0.25) is 17.7 Å². The zero-order chi connectivity index (χ0) is 20.2. The van der Waals surface area contributed by atoms with E-state index in [4.69, 9.17) is 0 Å². The van der Waals surface area contributed by atoms with Gasteiger partial charge in [0.1, 0.15) is 0 Å². The Morgan fingerprint density at radius 3 is 2.63 bits per heavy atom. The van der Waals surface area contributed by atoms with Crippen LogP contribution in [-0.4, -0.2) is 54.7 Å². The minimum atomic E-state index is -4.45. The van der Waals surface area contributed by atoms with Crippen molar-refractivity contribution in [2.24, 2.45) is 5.92 Å². The molecular weight excluding hydrogens is 363 g/mol. The molecule has 3 amide bonds. The lowest BCUT2D eigenvalue weighted by Crippen LogP contribution is -2.35. The molecule has 1 saturated heterocycles. The summed E-state index contributed by atoms with van der Waals surface area (Å²) in [5.41, 5.74) is -0.415. The summed E-state index contributed by atoms with van der Waals surface area (Å²) in [6.45, 7) is 0.336. The molecule has 1 N–H and O–H groups in total. The van der Waals surface area contributed by atoms with Gasteiger partial charge in [-0.1, -0.05) is 12.1 Å². The molecule has 2 rings (SSSR count). The van der Waals surface area contributed by atoms with Crippen LogP contribution in [0.15, 0.2) is 24.3 Å². The summed E-state index contributed by atoms with van der Waals surface area (Å²) in [7, 11) is 3.23. The first-order chi connectivity index (χ1) is 12.6. The van der Waals surface area contributed by atoms with Gasteiger partial charge in [-0.15, -0.1) is 0 Å². The molecule has 9 heteroatoms. The van der Waals surface area contributed by atoms with Gasteiger partial charge in [-0.2, -0.15) is 13.2 Å². The molecule has 0 spiro atoms. The number of hydrogen-bond acceptors (Lipinski definition) is 3. The third kappa shape index (κ3) is 5.70. The SMILES string of the molecule is CN(C)C(=O)CCNC(=O)C1CC(=O)N(Cc2cccc(C(F)(F)F)c2)C1. The Bertz CT molecular complexity index is 719. The highest BCUT2D eigenvalue weighted by atomic mass is 19.4. The van der Waals surface area contributed by atoms with Crippen LogP contribution in [-0.2, 0) is 27.1 Å². The minimum absolute atomic E-state index is 0.00637. The molecule has 1 aliphatic rings. The van der Waals surface area contributed by atoms with Crippen molar-refractivity contribution in [3.63, 3.8) is 0 Å². The van der Waals surface area contributed by atoms with E-state index < -0.39 is 17.7 Å². The van der Waals surface area contributed by atoms with E-state index in [1.165, 1.54) is 21.9 Å². The number of alkyl halides is 3. The third-order valence-electron chi connectivity index (χ3n) is 4.35. The van der Waals surface area contributed by atoms with E-state index in [0.29, 0.717) is 5.56 Å². The van der Waals surface area contributed by atoms with E-state index in [1.54, 1.807) is 14.1 Å². The van der Waals surface area contributed by atoms with Gasteiger partial charge >= 0.3 is 6.18 Å². The predicted molar refractivity (Wildman–Crippen MR) is 91.3 cm³/mol. The predicted octanol–water partition coefficient (Wildman–Crippen LogP) is 1.65. The fourth-order valence-corrected chi connectivity index (χ4v) is 2.83. The van der Waals surface area contributed by atoms with E-state index in [-0.39, 0.29) is 50.2 Å². The molecule has 0 saturated carbocycles. The van der Waals surface area contributed by atoms with Gasteiger partial charge in [-0.05, 0) is 17.7 Å². The maximum Gasteiger partial charge on any atom is 0.416 e. The van der Waals surface area contributed by atoms with Crippen molar-refractivity contribution in [1.29, 1.82) is 0 Å². The molecule has 6 nitrogen and oxygen atoms in total. The molecule has 0 aromatic heterocycles. The van der Waals surface area contributed by atoms with Gasteiger partial charge in [-0.25, -0.2) is 0 Å². The Morgan fingerprint density at radius 1 is 1.30 bits per heavy atom. The number of nitrogens with zero attached hydrogens (tertiary/aromatic N) is 2. The quantitative estimate of drug-likeness (QED) is 0.810. The first kappa shape index (κ1) is 20.7. The van der Waals surface area contributed by atoms with Crippen LogP contribution in [0, 0.1) is 5.92 Å². The molecule has 1 heterocycles. The molecule has 148 valence electrons. The van der Waals surface area contributed by atoms with Gasteiger partial charge in [0, 0.05) is 46.6 Å². The van der Waals surface area contributed by atoms with Gasteiger partial charge < -0.3 is 15.1 Å². The van der Waals surface area contributed by atoms with E-state index in [0.717, 1.165) is 12.1 Å². The molecule has 1 aliphatic heterocycles. The van der Waals surface area contributed by atoms with E-state index >= 15 is 0 Å². The highest BCUT2D eigenvalue weighted by Gasteiger charge is 2.35. The average Bonchev–Trinajstić information content (AvgIpc) is 2.95. The molecule has 1 fully saturated rings. The van der Waals surface area contributed by atoms with Crippen LogP contribution in [0.5, 0.6) is 0 Å². The second-order valence-corrected chi connectivity index (χ2v) is 6.70. The summed E-state index contributed by atoms with van der Waals surface area (Å²) < 4.78 is 38.4. The molecule has 0 radical (unpaired) electrons. The van der Waals surface area contributed by atoms with Crippen LogP contribution in [0.4, 0.5) is 13.2 Å². The number of benzene rings is 1. The van der Waals surface area contributed by atoms with Crippen molar-refractivity contribution in [2.75, 3.05) is 27.2 Å².